The van der Waals surface area contributed by atoms with E-state index in [1.807, 2.05) is 0 Å². The van der Waals surface area contributed by atoms with Gasteiger partial charge in [-0.15, -0.1) is 24.0 Å². The molecule has 1 rings (SSSR count). The number of likely N-dealkylation sites (N-methyl/N-ethyl adjacent to an activating group) is 1. The van der Waals surface area contributed by atoms with Crippen molar-refractivity contribution in [3.05, 3.63) is 12.2 Å². The van der Waals surface area contributed by atoms with Gasteiger partial charge in [-0.25, -0.2) is 4.99 Å². The van der Waals surface area contributed by atoms with Crippen molar-refractivity contribution in [2.24, 2.45) is 4.99 Å². The smallest absolute Gasteiger partial charge is 0.243 e. The van der Waals surface area contributed by atoms with Crippen molar-refractivity contribution >= 4 is 35.8 Å². The number of rotatable bonds is 8. The maximum absolute atomic E-state index is 11.7. The Hall–Kier alpha value is -0.870. The lowest BCUT2D eigenvalue weighted by Crippen LogP contribution is -2.49. The minimum Gasteiger partial charge on any atom is -0.383 e. The Bertz CT molecular complexity index is 435. The van der Waals surface area contributed by atoms with E-state index in [9.17, 15) is 4.79 Å². The summed E-state index contributed by atoms with van der Waals surface area (Å²) in [5.74, 6) is 0.666. The molecule has 0 atom stereocenters. The molecule has 0 bridgehead atoms. The number of halogens is 1. The number of nitrogens with one attached hydrogen (secondary N) is 2. The number of methoxy groups -OCH3 is 1. The Labute approximate surface area is 169 Å². The van der Waals surface area contributed by atoms with Crippen molar-refractivity contribution in [3.63, 3.8) is 0 Å². The first-order valence-electron chi connectivity index (χ1n) is 8.53. The fraction of sp³-hybridized carbons (Fsp3) is 0.765. The lowest BCUT2D eigenvalue weighted by Gasteiger charge is -2.33. The minimum absolute atomic E-state index is 0. The van der Waals surface area contributed by atoms with Crippen LogP contribution < -0.4 is 10.6 Å². The number of hydrogen-bond acceptors (Lipinski definition) is 4. The lowest BCUT2D eigenvalue weighted by molar-refractivity contribution is -0.127. The van der Waals surface area contributed by atoms with Gasteiger partial charge < -0.3 is 20.3 Å². The van der Waals surface area contributed by atoms with Crippen molar-refractivity contribution in [3.8, 4) is 0 Å². The zero-order valence-corrected chi connectivity index (χ0v) is 18.3. The molecule has 0 radical (unpaired) electrons. The van der Waals surface area contributed by atoms with Crippen LogP contribution >= 0.6 is 24.0 Å². The highest BCUT2D eigenvalue weighted by atomic mass is 127. The highest BCUT2D eigenvalue weighted by Gasteiger charge is 2.20. The molecule has 1 saturated heterocycles. The van der Waals surface area contributed by atoms with Gasteiger partial charge in [-0.3, -0.25) is 9.69 Å². The van der Waals surface area contributed by atoms with E-state index in [-0.39, 0.29) is 36.4 Å². The number of piperidine rings is 1. The van der Waals surface area contributed by atoms with Crippen molar-refractivity contribution < 1.29 is 9.53 Å². The fourth-order valence-corrected chi connectivity index (χ4v) is 2.52. The Morgan fingerprint density at radius 2 is 2.00 bits per heavy atom. The van der Waals surface area contributed by atoms with E-state index >= 15 is 0 Å². The van der Waals surface area contributed by atoms with Gasteiger partial charge in [0.1, 0.15) is 6.54 Å². The van der Waals surface area contributed by atoms with E-state index < -0.39 is 0 Å². The molecule has 1 amide bonds. The molecule has 0 saturated carbocycles. The number of amides is 1. The van der Waals surface area contributed by atoms with Gasteiger partial charge in [0, 0.05) is 53.4 Å². The molecule has 1 fully saturated rings. The first-order valence-corrected chi connectivity index (χ1v) is 8.53. The third-order valence-corrected chi connectivity index (χ3v) is 3.89. The molecule has 1 heterocycles. The number of guanidine groups is 1. The van der Waals surface area contributed by atoms with E-state index in [1.165, 1.54) is 5.57 Å². The van der Waals surface area contributed by atoms with Gasteiger partial charge >= 0.3 is 0 Å². The molecule has 8 heteroatoms. The van der Waals surface area contributed by atoms with Crippen LogP contribution in [0.2, 0.25) is 0 Å². The normalized spacial score (nSPS) is 16.1. The number of likely N-dealkylation sites (tertiary alicyclic amines) is 1. The van der Waals surface area contributed by atoms with E-state index in [1.54, 1.807) is 26.1 Å². The van der Waals surface area contributed by atoms with E-state index in [4.69, 9.17) is 4.74 Å². The van der Waals surface area contributed by atoms with Gasteiger partial charge in [-0.05, 0) is 19.8 Å². The molecule has 0 unspecified atom stereocenters. The van der Waals surface area contributed by atoms with Crippen LogP contribution in [0.1, 0.15) is 19.8 Å². The summed E-state index contributed by atoms with van der Waals surface area (Å²) in [4.78, 5) is 20.1. The first kappa shape index (κ1) is 24.1. The summed E-state index contributed by atoms with van der Waals surface area (Å²) in [5.41, 5.74) is 1.20. The first-order chi connectivity index (χ1) is 11.4. The summed E-state index contributed by atoms with van der Waals surface area (Å²) in [6.07, 6.45) is 2.11. The van der Waals surface area contributed by atoms with Crippen LogP contribution in [-0.2, 0) is 9.53 Å². The number of nitrogens with zero attached hydrogens (tertiary/aromatic N) is 3. The summed E-state index contributed by atoms with van der Waals surface area (Å²) in [6, 6.07) is 0.370. The molecule has 0 spiro atoms. The van der Waals surface area contributed by atoms with Gasteiger partial charge in [0.05, 0.1) is 6.61 Å². The quantitative estimate of drug-likeness (QED) is 0.183. The Kier molecular flexibility index (Phi) is 12.9. The van der Waals surface area contributed by atoms with Crippen LogP contribution in [0.3, 0.4) is 0 Å². The Morgan fingerprint density at radius 1 is 1.36 bits per heavy atom. The van der Waals surface area contributed by atoms with Crippen LogP contribution in [0.5, 0.6) is 0 Å². The third-order valence-electron chi connectivity index (χ3n) is 3.89. The molecule has 1 aliphatic rings. The van der Waals surface area contributed by atoms with Crippen LogP contribution in [0.15, 0.2) is 17.1 Å². The van der Waals surface area contributed by atoms with Crippen LogP contribution in [0.4, 0.5) is 0 Å². The molecule has 0 aromatic carbocycles. The maximum Gasteiger partial charge on any atom is 0.243 e. The van der Waals surface area contributed by atoms with Crippen molar-refractivity contribution in [2.75, 3.05) is 60.5 Å². The van der Waals surface area contributed by atoms with Crippen LogP contribution in [-0.4, -0.2) is 88.2 Å². The van der Waals surface area contributed by atoms with E-state index in [0.717, 1.165) is 32.5 Å². The summed E-state index contributed by atoms with van der Waals surface area (Å²) in [5, 5.41) is 6.67. The zero-order chi connectivity index (χ0) is 17.9. The van der Waals surface area contributed by atoms with Gasteiger partial charge in [0.2, 0.25) is 5.91 Å². The summed E-state index contributed by atoms with van der Waals surface area (Å²) >= 11 is 0. The summed E-state index contributed by atoms with van der Waals surface area (Å²) in [7, 11) is 5.14. The zero-order valence-electron chi connectivity index (χ0n) is 16.0. The molecule has 7 nitrogen and oxygen atoms in total. The third kappa shape index (κ3) is 10.7. The van der Waals surface area contributed by atoms with Gasteiger partial charge in [-0.2, -0.15) is 0 Å². The monoisotopic (exact) mass is 467 g/mol. The molecule has 1 aliphatic heterocycles. The minimum atomic E-state index is -0.0147. The molecule has 2 N–H and O–H groups in total. The Morgan fingerprint density at radius 3 is 2.52 bits per heavy atom. The van der Waals surface area contributed by atoms with E-state index in [0.29, 0.717) is 25.2 Å². The standard InChI is InChI=1S/C17H33N5O2.HI/c1-14(2)13-22-9-6-15(7-10-22)20-17(18-8-11-24-5)19-12-16(23)21(3)4;/h15H,1,6-13H2,2-5H3,(H2,18,19,20);1H. The topological polar surface area (TPSA) is 69.2 Å². The van der Waals surface area contributed by atoms with Gasteiger partial charge in [0.15, 0.2) is 5.96 Å². The highest BCUT2D eigenvalue weighted by molar-refractivity contribution is 14.0. The maximum atomic E-state index is 11.7. The second-order valence-corrected chi connectivity index (χ2v) is 6.52. The van der Waals surface area contributed by atoms with Crippen molar-refractivity contribution in [1.82, 2.24) is 20.4 Å². The van der Waals surface area contributed by atoms with E-state index in [2.05, 4.69) is 34.0 Å². The molecule has 0 aromatic rings. The second-order valence-electron chi connectivity index (χ2n) is 6.52. The Balaban J connectivity index is 0.00000576. The molecular weight excluding hydrogens is 433 g/mol. The number of hydrogen-bond donors (Lipinski definition) is 2. The van der Waals surface area contributed by atoms with Crippen LogP contribution in [0.25, 0.3) is 0 Å². The van der Waals surface area contributed by atoms with Gasteiger partial charge in [0.25, 0.3) is 0 Å². The summed E-state index contributed by atoms with van der Waals surface area (Å²) < 4.78 is 5.06. The van der Waals surface area contributed by atoms with Crippen molar-refractivity contribution in [1.29, 1.82) is 0 Å². The number of carbonyl (C=O) groups is 1. The molecular formula is C17H34IN5O2. The number of ether oxygens (including phenoxy) is 1. The second kappa shape index (κ2) is 13.3. The van der Waals surface area contributed by atoms with Crippen molar-refractivity contribution in [2.45, 2.75) is 25.8 Å². The summed E-state index contributed by atoms with van der Waals surface area (Å²) in [6.45, 7) is 10.5. The predicted molar refractivity (Wildman–Crippen MR) is 114 cm³/mol. The van der Waals surface area contributed by atoms with Crippen LogP contribution in [0, 0.1) is 0 Å². The predicted octanol–water partition coefficient (Wildman–Crippen LogP) is 0.915. The van der Waals surface area contributed by atoms with Gasteiger partial charge in [-0.1, -0.05) is 12.2 Å². The molecule has 0 aliphatic carbocycles. The average Bonchev–Trinajstić information content (AvgIpc) is 2.53. The largest absolute Gasteiger partial charge is 0.383 e. The number of carbonyl (C=O) groups excluding carboxylic acids is 1. The average molecular weight is 467 g/mol. The lowest BCUT2D eigenvalue weighted by atomic mass is 10.0. The number of aliphatic imine (C=N–C) groups is 1. The SMILES string of the molecule is C=C(C)CN1CCC(NC(=NCC(=O)N(C)C)NCCOC)CC1.I. The fourth-order valence-electron chi connectivity index (χ4n) is 2.52. The molecule has 0 aromatic heterocycles. The highest BCUT2D eigenvalue weighted by Crippen LogP contribution is 2.11. The molecule has 146 valence electrons. The molecule has 25 heavy (non-hydrogen) atoms.